The van der Waals surface area contributed by atoms with Crippen LogP contribution in [0.5, 0.6) is 5.75 Å². The van der Waals surface area contributed by atoms with Gasteiger partial charge >= 0.3 is 0 Å². The summed E-state index contributed by atoms with van der Waals surface area (Å²) < 4.78 is 5.58. The lowest BCUT2D eigenvalue weighted by Crippen LogP contribution is -2.15. The molecule has 7 heteroatoms. The van der Waals surface area contributed by atoms with E-state index < -0.39 is 0 Å². The molecule has 1 heterocycles. The first-order valence-corrected chi connectivity index (χ1v) is 6.74. The van der Waals surface area contributed by atoms with Crippen molar-refractivity contribution >= 4 is 23.5 Å². The fraction of sp³-hybridized carbons (Fsp3) is 0.357. The normalized spacial score (nSPS) is 10.1. The first kappa shape index (κ1) is 14.8. The van der Waals surface area contributed by atoms with Crippen molar-refractivity contribution in [3.63, 3.8) is 0 Å². The van der Waals surface area contributed by atoms with Gasteiger partial charge in [-0.05, 0) is 19.1 Å². The molecule has 0 saturated carbocycles. The van der Waals surface area contributed by atoms with Crippen LogP contribution in [-0.4, -0.2) is 42.7 Å². The summed E-state index contributed by atoms with van der Waals surface area (Å²) in [6, 6.07) is 7.67. The van der Waals surface area contributed by atoms with Gasteiger partial charge in [-0.3, -0.25) is 0 Å². The van der Waals surface area contributed by atoms with Crippen LogP contribution < -0.4 is 20.3 Å². The molecule has 1 aromatic heterocycles. The van der Waals surface area contributed by atoms with Gasteiger partial charge in [-0.1, -0.05) is 12.1 Å². The van der Waals surface area contributed by atoms with Crippen LogP contribution in [-0.2, 0) is 0 Å². The molecule has 0 bridgehead atoms. The summed E-state index contributed by atoms with van der Waals surface area (Å²) in [6.07, 6.45) is 0. The van der Waals surface area contributed by atoms with E-state index in [-0.39, 0.29) is 0 Å². The maximum absolute atomic E-state index is 5.58. The Kier molecular flexibility index (Phi) is 4.76. The standard InChI is InChI=1S/C14H20N6O/c1-5-21-11-9-7-6-8-10(11)16-13-17-12(15-2)18-14(19-13)20(3)4/h6-9H,5H2,1-4H3,(H2,15,16,17,18,19). The number of hydrogen-bond donors (Lipinski definition) is 2. The van der Waals surface area contributed by atoms with Gasteiger partial charge in [0.15, 0.2) is 0 Å². The zero-order valence-corrected chi connectivity index (χ0v) is 12.7. The Balaban J connectivity index is 2.32. The predicted octanol–water partition coefficient (Wildman–Crippen LogP) is 2.12. The summed E-state index contributed by atoms with van der Waals surface area (Å²) in [5.41, 5.74) is 0.817. The van der Waals surface area contributed by atoms with Crippen molar-refractivity contribution in [3.05, 3.63) is 24.3 Å². The van der Waals surface area contributed by atoms with E-state index in [9.17, 15) is 0 Å². The van der Waals surface area contributed by atoms with Crippen molar-refractivity contribution in [1.82, 2.24) is 15.0 Å². The van der Waals surface area contributed by atoms with Crippen molar-refractivity contribution in [3.8, 4) is 5.75 Å². The second-order valence-electron chi connectivity index (χ2n) is 4.48. The number of rotatable bonds is 6. The van der Waals surface area contributed by atoms with E-state index in [1.807, 2.05) is 50.2 Å². The van der Waals surface area contributed by atoms with Gasteiger partial charge in [0.2, 0.25) is 17.8 Å². The molecule has 0 spiro atoms. The van der Waals surface area contributed by atoms with Gasteiger partial charge in [-0.2, -0.15) is 15.0 Å². The minimum Gasteiger partial charge on any atom is -0.492 e. The molecule has 0 aliphatic carbocycles. The zero-order chi connectivity index (χ0) is 15.2. The summed E-state index contributed by atoms with van der Waals surface area (Å²) in [7, 11) is 5.53. The molecule has 112 valence electrons. The molecular formula is C14H20N6O. The van der Waals surface area contributed by atoms with E-state index in [1.54, 1.807) is 7.05 Å². The minimum absolute atomic E-state index is 0.463. The van der Waals surface area contributed by atoms with Crippen LogP contribution in [0.4, 0.5) is 23.5 Å². The largest absolute Gasteiger partial charge is 0.492 e. The molecule has 2 N–H and O–H groups in total. The summed E-state index contributed by atoms with van der Waals surface area (Å²) in [4.78, 5) is 14.8. The smallest absolute Gasteiger partial charge is 0.233 e. The Morgan fingerprint density at radius 2 is 1.81 bits per heavy atom. The minimum atomic E-state index is 0.463. The van der Waals surface area contributed by atoms with Gasteiger partial charge in [0.05, 0.1) is 12.3 Å². The molecule has 2 rings (SSSR count). The van der Waals surface area contributed by atoms with Crippen molar-refractivity contribution in [2.24, 2.45) is 0 Å². The van der Waals surface area contributed by atoms with E-state index in [0.717, 1.165) is 11.4 Å². The maximum atomic E-state index is 5.58. The average Bonchev–Trinajstić information content (AvgIpc) is 2.49. The van der Waals surface area contributed by atoms with Crippen molar-refractivity contribution < 1.29 is 4.74 Å². The monoisotopic (exact) mass is 288 g/mol. The Bertz CT molecular complexity index is 602. The molecule has 0 aliphatic heterocycles. The third-order valence-electron chi connectivity index (χ3n) is 2.68. The van der Waals surface area contributed by atoms with Crippen molar-refractivity contribution in [1.29, 1.82) is 0 Å². The summed E-state index contributed by atoms with van der Waals surface area (Å²) in [5.74, 6) is 2.30. The third-order valence-corrected chi connectivity index (χ3v) is 2.68. The molecule has 0 aliphatic rings. The van der Waals surface area contributed by atoms with Crippen LogP contribution in [0.3, 0.4) is 0 Å². The van der Waals surface area contributed by atoms with E-state index in [4.69, 9.17) is 4.74 Å². The molecule has 0 radical (unpaired) electrons. The molecule has 7 nitrogen and oxygen atoms in total. The molecule has 21 heavy (non-hydrogen) atoms. The number of aromatic nitrogens is 3. The molecule has 0 fully saturated rings. The van der Waals surface area contributed by atoms with Gasteiger partial charge < -0.3 is 20.3 Å². The lowest BCUT2D eigenvalue weighted by molar-refractivity contribution is 0.342. The number of ether oxygens (including phenoxy) is 1. The molecule has 1 aromatic carbocycles. The van der Waals surface area contributed by atoms with Crippen LogP contribution in [0.1, 0.15) is 6.92 Å². The van der Waals surface area contributed by atoms with Crippen LogP contribution in [0, 0.1) is 0 Å². The number of anilines is 4. The van der Waals surface area contributed by atoms with Gasteiger partial charge in [0.1, 0.15) is 5.75 Å². The molecule has 0 amide bonds. The first-order chi connectivity index (χ1) is 10.1. The molecule has 2 aromatic rings. The number of nitrogens with zero attached hydrogens (tertiary/aromatic N) is 4. The van der Waals surface area contributed by atoms with Crippen LogP contribution >= 0.6 is 0 Å². The number of nitrogens with one attached hydrogen (secondary N) is 2. The van der Waals surface area contributed by atoms with E-state index in [2.05, 4.69) is 25.6 Å². The highest BCUT2D eigenvalue weighted by atomic mass is 16.5. The van der Waals surface area contributed by atoms with Gasteiger partial charge in [-0.25, -0.2) is 0 Å². The Hall–Kier alpha value is -2.57. The van der Waals surface area contributed by atoms with Crippen LogP contribution in [0.25, 0.3) is 0 Å². The van der Waals surface area contributed by atoms with Gasteiger partial charge in [0, 0.05) is 21.1 Å². The van der Waals surface area contributed by atoms with Crippen molar-refractivity contribution in [2.45, 2.75) is 6.92 Å². The summed E-state index contributed by atoms with van der Waals surface area (Å²) >= 11 is 0. The second kappa shape index (κ2) is 6.74. The third kappa shape index (κ3) is 3.71. The highest BCUT2D eigenvalue weighted by Crippen LogP contribution is 2.26. The lowest BCUT2D eigenvalue weighted by Gasteiger charge is -2.14. The SMILES string of the molecule is CCOc1ccccc1Nc1nc(NC)nc(N(C)C)n1. The lowest BCUT2D eigenvalue weighted by atomic mass is 10.3. The quantitative estimate of drug-likeness (QED) is 0.843. The summed E-state index contributed by atoms with van der Waals surface area (Å²) in [5, 5.41) is 6.10. The Morgan fingerprint density at radius 1 is 1.10 bits per heavy atom. The fourth-order valence-electron chi connectivity index (χ4n) is 1.70. The molecular weight excluding hydrogens is 268 g/mol. The number of para-hydroxylation sites is 2. The molecule has 0 atom stereocenters. The average molecular weight is 288 g/mol. The van der Waals surface area contributed by atoms with Crippen molar-refractivity contribution in [2.75, 3.05) is 43.3 Å². The van der Waals surface area contributed by atoms with E-state index in [1.165, 1.54) is 0 Å². The van der Waals surface area contributed by atoms with E-state index >= 15 is 0 Å². The maximum Gasteiger partial charge on any atom is 0.233 e. The first-order valence-electron chi connectivity index (χ1n) is 6.74. The van der Waals surface area contributed by atoms with E-state index in [0.29, 0.717) is 24.5 Å². The fourth-order valence-corrected chi connectivity index (χ4v) is 1.70. The van der Waals surface area contributed by atoms with Crippen LogP contribution in [0.15, 0.2) is 24.3 Å². The highest BCUT2D eigenvalue weighted by molar-refractivity contribution is 5.63. The van der Waals surface area contributed by atoms with Gasteiger partial charge in [-0.15, -0.1) is 0 Å². The predicted molar refractivity (Wildman–Crippen MR) is 84.6 cm³/mol. The topological polar surface area (TPSA) is 75.2 Å². The Labute approximate surface area is 124 Å². The number of hydrogen-bond acceptors (Lipinski definition) is 7. The van der Waals surface area contributed by atoms with Gasteiger partial charge in [0.25, 0.3) is 0 Å². The second-order valence-corrected chi connectivity index (χ2v) is 4.48. The number of benzene rings is 1. The summed E-state index contributed by atoms with van der Waals surface area (Å²) in [6.45, 7) is 2.55. The van der Waals surface area contributed by atoms with Crippen LogP contribution in [0.2, 0.25) is 0 Å². The Morgan fingerprint density at radius 3 is 2.48 bits per heavy atom. The highest BCUT2D eigenvalue weighted by Gasteiger charge is 2.09. The molecule has 0 saturated heterocycles. The zero-order valence-electron chi connectivity index (χ0n) is 12.7. The molecule has 0 unspecified atom stereocenters.